The van der Waals surface area contributed by atoms with Crippen LogP contribution in [0.15, 0.2) is 42.5 Å². The molecule has 10 nitrogen and oxygen atoms in total. The largest absolute Gasteiger partial charge is 0.463 e. The highest BCUT2D eigenvalue weighted by molar-refractivity contribution is 5.86. The quantitative estimate of drug-likeness (QED) is 0.235. The van der Waals surface area contributed by atoms with Crippen LogP contribution in [0.5, 0.6) is 0 Å². The monoisotopic (exact) mass is 543 g/mol. The van der Waals surface area contributed by atoms with E-state index in [2.05, 4.69) is 10.6 Å². The molecule has 3 amide bonds. The number of nitrogens with one attached hydrogen (secondary N) is 2. The zero-order valence-electron chi connectivity index (χ0n) is 22.5. The van der Waals surface area contributed by atoms with E-state index < -0.39 is 18.1 Å². The first-order chi connectivity index (χ1) is 19.0. The summed E-state index contributed by atoms with van der Waals surface area (Å²) in [4.78, 5) is 51.8. The third kappa shape index (κ3) is 10.7. The van der Waals surface area contributed by atoms with Crippen LogP contribution in [0.3, 0.4) is 0 Å². The molecule has 2 heterocycles. The number of hydrogen-bond donors (Lipinski definition) is 3. The van der Waals surface area contributed by atoms with Crippen LogP contribution in [0.4, 0.5) is 4.79 Å². The van der Waals surface area contributed by atoms with Gasteiger partial charge in [0.25, 0.3) is 0 Å². The number of unbranched alkanes of at least 4 members (excludes halogenated alkanes) is 1. The van der Waals surface area contributed by atoms with Gasteiger partial charge in [0.2, 0.25) is 11.8 Å². The third-order valence-corrected chi connectivity index (χ3v) is 7.06. The third-order valence-electron chi connectivity index (χ3n) is 7.06. The molecule has 0 radical (unpaired) electrons. The summed E-state index contributed by atoms with van der Waals surface area (Å²) in [6.45, 7) is 1.19. The Kier molecular flexibility index (Phi) is 12.8. The Morgan fingerprint density at radius 3 is 2.77 bits per heavy atom. The lowest BCUT2D eigenvalue weighted by molar-refractivity contribution is -0.145. The second kappa shape index (κ2) is 16.5. The Labute approximate surface area is 230 Å². The van der Waals surface area contributed by atoms with E-state index in [0.717, 1.165) is 18.4 Å². The molecule has 1 aromatic rings. The molecule has 39 heavy (non-hydrogen) atoms. The number of hydrogen-bond acceptors (Lipinski definition) is 7. The number of esters is 1. The standard InChI is InChI=1S/C29H41N3O7/c33-19-25-14-9-17-32(25)26(34)18-23-12-5-2-6-15-27(35)38-21-24(31-28(23)36)13-7-8-16-30-29(37)39-20-22-10-3-1-4-11-22/h1-5,10-11,23-25,33H,6-9,12-21H2,(H,30,37)(H,31,36)/t23-,24+,25+/m1/s1. The molecule has 2 aliphatic rings. The van der Waals surface area contributed by atoms with Crippen molar-refractivity contribution in [2.24, 2.45) is 5.92 Å². The van der Waals surface area contributed by atoms with Crippen molar-refractivity contribution in [2.45, 2.75) is 76.5 Å². The number of carbonyl (C=O) groups is 4. The SMILES string of the molecule is O=C1CCC=CC[C@H](CC(=O)N2CCC[C@H]2CO)C(=O)N[C@@H](CCCCNC(=O)OCc2ccccc2)CO1. The van der Waals surface area contributed by atoms with Crippen LogP contribution in [0, 0.1) is 5.92 Å². The molecule has 0 bridgehead atoms. The first-order valence-corrected chi connectivity index (χ1v) is 13.9. The first-order valence-electron chi connectivity index (χ1n) is 13.9. The van der Waals surface area contributed by atoms with Gasteiger partial charge in [-0.25, -0.2) is 4.79 Å². The number of cyclic esters (lactones) is 1. The maximum atomic E-state index is 13.2. The number of aliphatic hydroxyl groups is 1. The van der Waals surface area contributed by atoms with Gasteiger partial charge >= 0.3 is 12.1 Å². The molecule has 0 aliphatic carbocycles. The van der Waals surface area contributed by atoms with Crippen molar-refractivity contribution in [3.63, 3.8) is 0 Å². The molecule has 1 aromatic carbocycles. The van der Waals surface area contributed by atoms with Crippen LogP contribution >= 0.6 is 0 Å². The van der Waals surface area contributed by atoms with Crippen LogP contribution in [0.2, 0.25) is 0 Å². The second-order valence-corrected chi connectivity index (χ2v) is 10.1. The van der Waals surface area contributed by atoms with Gasteiger partial charge in [0, 0.05) is 25.9 Å². The van der Waals surface area contributed by atoms with Crippen LogP contribution in [0.1, 0.15) is 63.4 Å². The molecule has 0 aromatic heterocycles. The minimum atomic E-state index is -0.549. The fraction of sp³-hybridized carbons (Fsp3) is 0.586. The number of carbonyl (C=O) groups excluding carboxylic acids is 4. The summed E-state index contributed by atoms with van der Waals surface area (Å²) in [6.07, 6.45) is 7.92. The number of aliphatic hydroxyl groups excluding tert-OH is 1. The second-order valence-electron chi connectivity index (χ2n) is 10.1. The van der Waals surface area contributed by atoms with Crippen molar-refractivity contribution in [3.05, 3.63) is 48.0 Å². The number of amides is 3. The minimum absolute atomic E-state index is 0.0558. The highest BCUT2D eigenvalue weighted by Crippen LogP contribution is 2.21. The topological polar surface area (TPSA) is 134 Å². The number of alkyl carbamates (subject to hydrolysis) is 1. The fourth-order valence-electron chi connectivity index (χ4n) is 4.81. The highest BCUT2D eigenvalue weighted by Gasteiger charge is 2.31. The molecule has 3 N–H and O–H groups in total. The Morgan fingerprint density at radius 1 is 1.15 bits per heavy atom. The number of allylic oxidation sites excluding steroid dienone is 2. The molecule has 0 spiro atoms. The molecule has 214 valence electrons. The lowest BCUT2D eigenvalue weighted by Gasteiger charge is -2.26. The number of ether oxygens (including phenoxy) is 2. The molecular weight excluding hydrogens is 502 g/mol. The summed E-state index contributed by atoms with van der Waals surface area (Å²) in [6, 6.07) is 8.84. The number of nitrogens with zero attached hydrogens (tertiary/aromatic N) is 1. The van der Waals surface area contributed by atoms with E-state index in [1.54, 1.807) is 4.90 Å². The summed E-state index contributed by atoms with van der Waals surface area (Å²) < 4.78 is 10.6. The zero-order chi connectivity index (χ0) is 27.9. The van der Waals surface area contributed by atoms with Gasteiger partial charge in [-0.1, -0.05) is 42.5 Å². The van der Waals surface area contributed by atoms with Gasteiger partial charge in [0.05, 0.1) is 24.6 Å². The Balaban J connectivity index is 1.47. The van der Waals surface area contributed by atoms with Crippen LogP contribution in [-0.4, -0.2) is 72.3 Å². The van der Waals surface area contributed by atoms with E-state index >= 15 is 0 Å². The van der Waals surface area contributed by atoms with E-state index in [9.17, 15) is 24.3 Å². The molecule has 1 saturated heterocycles. The normalized spacial score (nSPS) is 22.3. The van der Waals surface area contributed by atoms with Gasteiger partial charge in [-0.15, -0.1) is 0 Å². The van der Waals surface area contributed by atoms with E-state index in [1.165, 1.54) is 0 Å². The van der Waals surface area contributed by atoms with E-state index in [-0.39, 0.29) is 56.5 Å². The number of likely N-dealkylation sites (tertiary alicyclic amines) is 1. The van der Waals surface area contributed by atoms with E-state index in [0.29, 0.717) is 45.2 Å². The maximum Gasteiger partial charge on any atom is 0.407 e. The van der Waals surface area contributed by atoms with Crippen LogP contribution in [-0.2, 0) is 30.5 Å². The Hall–Kier alpha value is -3.40. The van der Waals surface area contributed by atoms with Gasteiger partial charge in [0.1, 0.15) is 13.2 Å². The molecule has 1 fully saturated rings. The summed E-state index contributed by atoms with van der Waals surface area (Å²) >= 11 is 0. The predicted octanol–water partition coefficient (Wildman–Crippen LogP) is 2.84. The lowest BCUT2D eigenvalue weighted by Crippen LogP contribution is -2.44. The fourth-order valence-corrected chi connectivity index (χ4v) is 4.81. The molecule has 0 unspecified atom stereocenters. The highest BCUT2D eigenvalue weighted by atomic mass is 16.5. The molecule has 2 aliphatic heterocycles. The van der Waals surface area contributed by atoms with E-state index in [4.69, 9.17) is 9.47 Å². The molecule has 10 heteroatoms. The van der Waals surface area contributed by atoms with Crippen molar-refractivity contribution in [2.75, 3.05) is 26.3 Å². The molecule has 0 saturated carbocycles. The molecule has 3 rings (SSSR count). The van der Waals surface area contributed by atoms with Crippen molar-refractivity contribution in [1.82, 2.24) is 15.5 Å². The molecular formula is C29H41N3O7. The zero-order valence-corrected chi connectivity index (χ0v) is 22.5. The maximum absolute atomic E-state index is 13.2. The number of rotatable bonds is 10. The average molecular weight is 544 g/mol. The average Bonchev–Trinajstić information content (AvgIpc) is 3.42. The smallest absolute Gasteiger partial charge is 0.407 e. The van der Waals surface area contributed by atoms with Crippen molar-refractivity contribution >= 4 is 23.9 Å². The first kappa shape index (κ1) is 30.1. The van der Waals surface area contributed by atoms with Crippen LogP contribution in [0.25, 0.3) is 0 Å². The Bertz CT molecular complexity index is 969. The van der Waals surface area contributed by atoms with Gasteiger partial charge in [0.15, 0.2) is 0 Å². The minimum Gasteiger partial charge on any atom is -0.463 e. The van der Waals surface area contributed by atoms with Gasteiger partial charge < -0.3 is 30.1 Å². The lowest BCUT2D eigenvalue weighted by atomic mass is 9.97. The summed E-state index contributed by atoms with van der Waals surface area (Å²) in [5.74, 6) is -1.25. The predicted molar refractivity (Wildman–Crippen MR) is 144 cm³/mol. The van der Waals surface area contributed by atoms with Gasteiger partial charge in [-0.05, 0) is 50.5 Å². The summed E-state index contributed by atoms with van der Waals surface area (Å²) in [7, 11) is 0. The summed E-state index contributed by atoms with van der Waals surface area (Å²) in [5.41, 5.74) is 0.907. The van der Waals surface area contributed by atoms with Crippen molar-refractivity contribution < 1.29 is 33.8 Å². The van der Waals surface area contributed by atoms with Crippen molar-refractivity contribution in [1.29, 1.82) is 0 Å². The summed E-state index contributed by atoms with van der Waals surface area (Å²) in [5, 5.41) is 15.3. The van der Waals surface area contributed by atoms with E-state index in [1.807, 2.05) is 42.5 Å². The molecule has 3 atom stereocenters. The number of benzene rings is 1. The Morgan fingerprint density at radius 2 is 1.97 bits per heavy atom. The van der Waals surface area contributed by atoms with Crippen LogP contribution < -0.4 is 10.6 Å². The van der Waals surface area contributed by atoms with Gasteiger partial charge in [-0.3, -0.25) is 14.4 Å². The van der Waals surface area contributed by atoms with Crippen molar-refractivity contribution in [3.8, 4) is 0 Å². The van der Waals surface area contributed by atoms with Gasteiger partial charge in [-0.2, -0.15) is 0 Å².